The third-order valence-corrected chi connectivity index (χ3v) is 2.27. The van der Waals surface area contributed by atoms with Gasteiger partial charge in [-0.05, 0) is 31.2 Å². The van der Waals surface area contributed by atoms with Gasteiger partial charge in [-0.1, -0.05) is 0 Å². The lowest BCUT2D eigenvalue weighted by Gasteiger charge is -2.07. The van der Waals surface area contributed by atoms with E-state index in [0.29, 0.717) is 12.3 Å². The molecule has 17 heavy (non-hydrogen) atoms. The molecule has 0 amide bonds. The molecule has 0 saturated carbocycles. The van der Waals surface area contributed by atoms with Crippen molar-refractivity contribution < 1.29 is 9.53 Å². The number of hydrogen-bond donors (Lipinski definition) is 1. The maximum atomic E-state index is 11.6. The predicted octanol–water partition coefficient (Wildman–Crippen LogP) is 1.63. The summed E-state index contributed by atoms with van der Waals surface area (Å²) >= 11 is 0. The number of nitrogen functional groups attached to an aromatic ring is 1. The van der Waals surface area contributed by atoms with E-state index >= 15 is 0 Å². The van der Waals surface area contributed by atoms with Crippen molar-refractivity contribution in [1.82, 2.24) is 9.55 Å². The number of carbonyl (C=O) groups is 1. The fraction of sp³-hybridized carbons (Fsp3) is 0.167. The largest absolute Gasteiger partial charge is 0.460 e. The summed E-state index contributed by atoms with van der Waals surface area (Å²) in [6.45, 7) is 2.09. The number of hydrogen-bond acceptors (Lipinski definition) is 4. The summed E-state index contributed by atoms with van der Waals surface area (Å²) in [6, 6.07) is 7.17. The molecule has 1 aromatic carbocycles. The van der Waals surface area contributed by atoms with Crippen molar-refractivity contribution in [1.29, 1.82) is 0 Å². The predicted molar refractivity (Wildman–Crippen MR) is 63.9 cm³/mol. The highest BCUT2D eigenvalue weighted by Gasteiger charge is 2.14. The topological polar surface area (TPSA) is 70.1 Å². The van der Waals surface area contributed by atoms with Gasteiger partial charge in [0.15, 0.2) is 0 Å². The quantitative estimate of drug-likeness (QED) is 0.643. The number of esters is 1. The number of nitrogens with zero attached hydrogens (tertiary/aromatic N) is 2. The van der Waals surface area contributed by atoms with Crippen molar-refractivity contribution in [3.8, 4) is 5.69 Å². The van der Waals surface area contributed by atoms with Crippen LogP contribution in [0.3, 0.4) is 0 Å². The first-order chi connectivity index (χ1) is 8.22. The zero-order valence-corrected chi connectivity index (χ0v) is 9.46. The van der Waals surface area contributed by atoms with Crippen LogP contribution in [-0.4, -0.2) is 22.1 Å². The van der Waals surface area contributed by atoms with E-state index in [-0.39, 0.29) is 5.82 Å². The number of benzene rings is 1. The smallest absolute Gasteiger partial charge is 0.374 e. The van der Waals surface area contributed by atoms with Crippen molar-refractivity contribution in [3.63, 3.8) is 0 Å². The molecule has 0 fully saturated rings. The first kappa shape index (κ1) is 11.2. The molecule has 0 saturated heterocycles. The van der Waals surface area contributed by atoms with Gasteiger partial charge in [-0.15, -0.1) is 0 Å². The summed E-state index contributed by atoms with van der Waals surface area (Å²) in [5, 5.41) is 0. The molecule has 1 heterocycles. The summed E-state index contributed by atoms with van der Waals surface area (Å²) in [6.07, 6.45) is 3.26. The van der Waals surface area contributed by atoms with Gasteiger partial charge in [-0.2, -0.15) is 0 Å². The van der Waals surface area contributed by atoms with Crippen molar-refractivity contribution in [2.75, 3.05) is 12.3 Å². The number of imidazole rings is 1. The summed E-state index contributed by atoms with van der Waals surface area (Å²) in [4.78, 5) is 15.6. The molecule has 1 aromatic heterocycles. The molecule has 0 aliphatic carbocycles. The van der Waals surface area contributed by atoms with E-state index in [1.54, 1.807) is 36.0 Å². The summed E-state index contributed by atoms with van der Waals surface area (Å²) in [5.74, 6) is -0.175. The van der Waals surface area contributed by atoms with Gasteiger partial charge in [0.25, 0.3) is 0 Å². The lowest BCUT2D eigenvalue weighted by molar-refractivity contribution is 0.0510. The molecule has 2 aromatic rings. The minimum atomic E-state index is -0.436. The van der Waals surface area contributed by atoms with Crippen molar-refractivity contribution in [3.05, 3.63) is 42.5 Å². The van der Waals surface area contributed by atoms with Crippen molar-refractivity contribution in [2.24, 2.45) is 0 Å². The van der Waals surface area contributed by atoms with Gasteiger partial charge in [-0.25, -0.2) is 9.78 Å². The van der Waals surface area contributed by atoms with Crippen LogP contribution in [0.15, 0.2) is 36.7 Å². The van der Waals surface area contributed by atoms with E-state index in [2.05, 4.69) is 4.98 Å². The number of carbonyl (C=O) groups excluding carboxylic acids is 1. The Morgan fingerprint density at radius 1 is 1.41 bits per heavy atom. The maximum absolute atomic E-state index is 11.6. The average Bonchev–Trinajstić information content (AvgIpc) is 2.79. The second-order valence-electron chi connectivity index (χ2n) is 3.43. The second-order valence-corrected chi connectivity index (χ2v) is 3.43. The molecular formula is C12H13N3O2. The van der Waals surface area contributed by atoms with Gasteiger partial charge in [0.2, 0.25) is 5.82 Å². The molecule has 5 heteroatoms. The number of ether oxygens (including phenoxy) is 1. The van der Waals surface area contributed by atoms with Gasteiger partial charge < -0.3 is 10.5 Å². The molecule has 2 N–H and O–H groups in total. The van der Waals surface area contributed by atoms with Crippen molar-refractivity contribution in [2.45, 2.75) is 6.92 Å². The van der Waals surface area contributed by atoms with E-state index in [1.807, 2.05) is 12.1 Å². The SMILES string of the molecule is CCOC(=O)c1nccn1-c1ccc(N)cc1. The van der Waals surface area contributed by atoms with E-state index in [0.717, 1.165) is 5.69 Å². The molecular weight excluding hydrogens is 218 g/mol. The lowest BCUT2D eigenvalue weighted by atomic mass is 10.3. The minimum absolute atomic E-state index is 0.261. The van der Waals surface area contributed by atoms with E-state index in [9.17, 15) is 4.79 Å². The fourth-order valence-corrected chi connectivity index (χ4v) is 1.49. The van der Waals surface area contributed by atoms with Crippen LogP contribution in [-0.2, 0) is 4.74 Å². The fourth-order valence-electron chi connectivity index (χ4n) is 1.49. The summed E-state index contributed by atoms with van der Waals surface area (Å²) < 4.78 is 6.59. The maximum Gasteiger partial charge on any atom is 0.374 e. The Kier molecular flexibility index (Phi) is 3.09. The Morgan fingerprint density at radius 2 is 2.12 bits per heavy atom. The molecule has 0 spiro atoms. The van der Waals surface area contributed by atoms with E-state index in [4.69, 9.17) is 10.5 Å². The lowest BCUT2D eigenvalue weighted by Crippen LogP contribution is -2.12. The van der Waals surface area contributed by atoms with Crippen LogP contribution in [0.1, 0.15) is 17.5 Å². The van der Waals surface area contributed by atoms with Gasteiger partial charge in [-0.3, -0.25) is 4.57 Å². The third kappa shape index (κ3) is 2.28. The first-order valence-electron chi connectivity index (χ1n) is 5.28. The third-order valence-electron chi connectivity index (χ3n) is 2.27. The van der Waals surface area contributed by atoms with Gasteiger partial charge in [0.05, 0.1) is 6.61 Å². The summed E-state index contributed by atoms with van der Waals surface area (Å²) in [5.41, 5.74) is 7.10. The summed E-state index contributed by atoms with van der Waals surface area (Å²) in [7, 11) is 0. The molecule has 0 atom stereocenters. The molecule has 0 aliphatic rings. The Bertz CT molecular complexity index is 517. The monoisotopic (exact) mass is 231 g/mol. The second kappa shape index (κ2) is 4.69. The molecule has 88 valence electrons. The molecule has 5 nitrogen and oxygen atoms in total. The number of aromatic nitrogens is 2. The van der Waals surface area contributed by atoms with Crippen LogP contribution in [0.4, 0.5) is 5.69 Å². The van der Waals surface area contributed by atoms with Gasteiger partial charge in [0.1, 0.15) is 0 Å². The molecule has 0 radical (unpaired) electrons. The Morgan fingerprint density at radius 3 is 2.76 bits per heavy atom. The number of anilines is 1. The highest BCUT2D eigenvalue weighted by atomic mass is 16.5. The normalized spacial score (nSPS) is 10.2. The standard InChI is InChI=1S/C12H13N3O2/c1-2-17-12(16)11-14-7-8-15(11)10-5-3-9(13)4-6-10/h3-8H,2,13H2,1H3. The zero-order chi connectivity index (χ0) is 12.3. The number of rotatable bonds is 3. The van der Waals surface area contributed by atoms with Crippen LogP contribution in [0.5, 0.6) is 0 Å². The Labute approximate surface area is 98.8 Å². The van der Waals surface area contributed by atoms with E-state index < -0.39 is 5.97 Å². The minimum Gasteiger partial charge on any atom is -0.460 e. The van der Waals surface area contributed by atoms with Crippen LogP contribution < -0.4 is 5.73 Å². The van der Waals surface area contributed by atoms with Crippen LogP contribution in [0, 0.1) is 0 Å². The van der Waals surface area contributed by atoms with Gasteiger partial charge >= 0.3 is 5.97 Å². The molecule has 0 bridgehead atoms. The Balaban J connectivity index is 2.36. The number of nitrogens with two attached hydrogens (primary N) is 1. The first-order valence-corrected chi connectivity index (χ1v) is 5.28. The van der Waals surface area contributed by atoms with Crippen LogP contribution in [0.25, 0.3) is 5.69 Å². The van der Waals surface area contributed by atoms with Crippen LogP contribution >= 0.6 is 0 Å². The molecule has 0 aliphatic heterocycles. The van der Waals surface area contributed by atoms with E-state index in [1.165, 1.54) is 0 Å². The highest BCUT2D eigenvalue weighted by Crippen LogP contribution is 2.13. The zero-order valence-electron chi connectivity index (χ0n) is 9.46. The van der Waals surface area contributed by atoms with Gasteiger partial charge in [0, 0.05) is 23.8 Å². The molecule has 0 unspecified atom stereocenters. The van der Waals surface area contributed by atoms with Crippen molar-refractivity contribution >= 4 is 11.7 Å². The van der Waals surface area contributed by atoms with Crippen LogP contribution in [0.2, 0.25) is 0 Å². The average molecular weight is 231 g/mol. The molecule has 2 rings (SSSR count). The highest BCUT2D eigenvalue weighted by molar-refractivity contribution is 5.86. The Hall–Kier alpha value is -2.30.